The highest BCUT2D eigenvalue weighted by atomic mass is 16.3. The molecule has 0 N–H and O–H groups in total. The molecule has 0 radical (unpaired) electrons. The summed E-state index contributed by atoms with van der Waals surface area (Å²) in [6, 6.07) is 79.1. The van der Waals surface area contributed by atoms with E-state index in [1.54, 1.807) is 0 Å². The number of fused-ring (bicyclic) bond motifs is 22. The number of para-hydroxylation sites is 4. The van der Waals surface area contributed by atoms with E-state index in [-0.39, 0.29) is 21.7 Å². The van der Waals surface area contributed by atoms with Gasteiger partial charge in [0.25, 0.3) is 0 Å². The molecule has 17 rings (SSSR count). The molecule has 0 bridgehead atoms. The molecule has 0 spiro atoms. The van der Waals surface area contributed by atoms with Crippen LogP contribution in [0.25, 0.3) is 116 Å². The fourth-order valence-corrected chi connectivity index (χ4v) is 15.9. The highest BCUT2D eigenvalue weighted by molar-refractivity contribution is 6.22. The molecular formula is C79H62N2O2. The smallest absolute Gasteiger partial charge is 0.144 e. The second-order valence-electron chi connectivity index (χ2n) is 26.4. The van der Waals surface area contributed by atoms with E-state index in [4.69, 9.17) is 8.83 Å². The van der Waals surface area contributed by atoms with Crippen molar-refractivity contribution in [3.05, 3.63) is 251 Å². The Balaban J connectivity index is 0.919. The fourth-order valence-electron chi connectivity index (χ4n) is 15.9. The zero-order chi connectivity index (χ0) is 56.2. The molecule has 400 valence electrons. The molecule has 0 unspecified atom stereocenters. The Labute approximate surface area is 483 Å². The highest BCUT2D eigenvalue weighted by Crippen LogP contribution is 2.64. The molecule has 4 heteroatoms. The molecule has 0 fully saturated rings. The van der Waals surface area contributed by atoms with Crippen LogP contribution in [-0.2, 0) is 21.7 Å². The summed E-state index contributed by atoms with van der Waals surface area (Å²) in [5.74, 6) is 0. The minimum absolute atomic E-state index is 0.0822. The van der Waals surface area contributed by atoms with E-state index in [1.165, 1.54) is 105 Å². The van der Waals surface area contributed by atoms with E-state index >= 15 is 0 Å². The predicted octanol–water partition coefficient (Wildman–Crippen LogP) is 21.9. The van der Waals surface area contributed by atoms with Crippen LogP contribution in [-0.4, -0.2) is 4.57 Å². The van der Waals surface area contributed by atoms with Crippen LogP contribution in [0.2, 0.25) is 0 Å². The third-order valence-corrected chi connectivity index (χ3v) is 19.6. The number of benzene rings is 11. The maximum absolute atomic E-state index is 7.08. The Kier molecular flexibility index (Phi) is 9.56. The summed E-state index contributed by atoms with van der Waals surface area (Å²) in [5, 5.41) is 7.15. The van der Waals surface area contributed by atoms with Crippen LogP contribution in [0.1, 0.15) is 101 Å². The van der Waals surface area contributed by atoms with Gasteiger partial charge in [-0.05, 0) is 151 Å². The maximum Gasteiger partial charge on any atom is 0.144 e. The van der Waals surface area contributed by atoms with Crippen molar-refractivity contribution in [3.63, 3.8) is 0 Å². The van der Waals surface area contributed by atoms with Crippen LogP contribution in [0.15, 0.2) is 221 Å². The first kappa shape index (κ1) is 48.3. The molecule has 11 aromatic carbocycles. The molecule has 3 aliphatic carbocycles. The molecule has 0 atom stereocenters. The Morgan fingerprint density at radius 2 is 0.867 bits per heavy atom. The summed E-state index contributed by atoms with van der Waals surface area (Å²) in [6.45, 7) is 21.6. The van der Waals surface area contributed by atoms with Crippen LogP contribution in [0.5, 0.6) is 0 Å². The van der Waals surface area contributed by atoms with Gasteiger partial charge in [-0.15, -0.1) is 0 Å². The van der Waals surface area contributed by atoms with E-state index in [9.17, 15) is 0 Å². The summed E-state index contributed by atoms with van der Waals surface area (Å²) in [4.78, 5) is 2.53. The van der Waals surface area contributed by atoms with Gasteiger partial charge in [-0.3, -0.25) is 0 Å². The van der Waals surface area contributed by atoms with Gasteiger partial charge in [0.2, 0.25) is 0 Å². The number of anilines is 3. The van der Waals surface area contributed by atoms with Crippen molar-refractivity contribution in [2.24, 2.45) is 0 Å². The third kappa shape index (κ3) is 6.36. The van der Waals surface area contributed by atoms with Crippen molar-refractivity contribution >= 4 is 82.7 Å². The molecule has 3 aliphatic rings. The van der Waals surface area contributed by atoms with Crippen molar-refractivity contribution in [1.29, 1.82) is 0 Å². The van der Waals surface area contributed by atoms with E-state index in [0.717, 1.165) is 66.9 Å². The molecule has 0 amide bonds. The molecule has 83 heavy (non-hydrogen) atoms. The number of nitrogens with zero attached hydrogens (tertiary/aromatic N) is 2. The molecule has 4 nitrogen and oxygen atoms in total. The largest absolute Gasteiger partial charge is 0.455 e. The minimum atomic E-state index is -0.379. The quantitative estimate of drug-likeness (QED) is 0.172. The topological polar surface area (TPSA) is 34.5 Å². The van der Waals surface area contributed by atoms with Crippen LogP contribution >= 0.6 is 0 Å². The predicted molar refractivity (Wildman–Crippen MR) is 347 cm³/mol. The van der Waals surface area contributed by atoms with Crippen LogP contribution in [0, 0.1) is 0 Å². The number of furan rings is 2. The zero-order valence-corrected chi connectivity index (χ0v) is 48.4. The van der Waals surface area contributed by atoms with Crippen molar-refractivity contribution in [2.75, 3.05) is 4.90 Å². The standard InChI is InChI=1S/C79H62N2O2/c1-76(2,3)58-30-18-13-25-49(58)57-44-62-67(69-55-28-16-21-33-65(55)82-74(57)69)53-39-36-46(41-60(53)77(62,4)5)80(48-35-38-51-50-26-15-20-32-63(50)81(64(51)43-48)45-23-11-10-12-24-45)47-37-40-54-61(42-47)79(8,9)72-68(54)70-56-29-17-22-34-66(56)83-75(70)71-52-27-14-19-31-59(52)78(6,7)73(71)72/h10-44H,1-9H3. The summed E-state index contributed by atoms with van der Waals surface area (Å²) in [7, 11) is 0. The summed E-state index contributed by atoms with van der Waals surface area (Å²) >= 11 is 0. The Morgan fingerprint density at radius 3 is 1.58 bits per heavy atom. The lowest BCUT2D eigenvalue weighted by Crippen LogP contribution is -2.24. The van der Waals surface area contributed by atoms with Crippen molar-refractivity contribution in [1.82, 2.24) is 4.57 Å². The maximum atomic E-state index is 7.08. The van der Waals surface area contributed by atoms with Crippen LogP contribution in [0.4, 0.5) is 17.1 Å². The van der Waals surface area contributed by atoms with Gasteiger partial charge in [0.15, 0.2) is 0 Å². The van der Waals surface area contributed by atoms with Crippen molar-refractivity contribution < 1.29 is 8.83 Å². The first-order chi connectivity index (χ1) is 40.1. The lowest BCUT2D eigenvalue weighted by molar-refractivity contribution is 0.591. The van der Waals surface area contributed by atoms with Gasteiger partial charge in [-0.25, -0.2) is 0 Å². The minimum Gasteiger partial charge on any atom is -0.455 e. The fraction of sp³-hybridized carbons (Fsp3) is 0.165. The van der Waals surface area contributed by atoms with Gasteiger partial charge in [-0.1, -0.05) is 202 Å². The van der Waals surface area contributed by atoms with Crippen LogP contribution in [0.3, 0.4) is 0 Å². The lowest BCUT2D eigenvalue weighted by Gasteiger charge is -2.32. The third-order valence-electron chi connectivity index (χ3n) is 19.6. The van der Waals surface area contributed by atoms with Gasteiger partial charge in [0.1, 0.15) is 22.3 Å². The second-order valence-corrected chi connectivity index (χ2v) is 26.4. The van der Waals surface area contributed by atoms with E-state index in [2.05, 4.69) is 284 Å². The number of rotatable bonds is 5. The molecule has 0 saturated carbocycles. The normalized spacial score (nSPS) is 15.1. The van der Waals surface area contributed by atoms with E-state index < -0.39 is 0 Å². The average Bonchev–Trinajstić information content (AvgIpc) is 2.22. The van der Waals surface area contributed by atoms with Gasteiger partial charge in [-0.2, -0.15) is 0 Å². The van der Waals surface area contributed by atoms with Crippen LogP contribution < -0.4 is 4.90 Å². The van der Waals surface area contributed by atoms with Crippen molar-refractivity contribution in [2.45, 2.75) is 84.0 Å². The average molecular weight is 1070 g/mol. The van der Waals surface area contributed by atoms with Gasteiger partial charge in [0, 0.05) is 82.4 Å². The Bertz CT molecular complexity index is 5160. The molecule has 3 aromatic heterocycles. The van der Waals surface area contributed by atoms with E-state index in [1.807, 2.05) is 0 Å². The highest BCUT2D eigenvalue weighted by Gasteiger charge is 2.49. The molecule has 0 aliphatic heterocycles. The lowest BCUT2D eigenvalue weighted by atomic mass is 9.72. The van der Waals surface area contributed by atoms with E-state index in [0.29, 0.717) is 0 Å². The number of hydrogen-bond acceptors (Lipinski definition) is 3. The first-order valence-corrected chi connectivity index (χ1v) is 29.5. The zero-order valence-electron chi connectivity index (χ0n) is 48.4. The SMILES string of the molecule is CC(C)(C)c1ccccc1-c1cc2c(c3c1oc1ccccc13)-c1ccc(N(c3ccc4c(c3)C(C)(C)c3c5c(c6oc7ccccc7c6c3-4)-c3ccccc3C5(C)C)c3ccc4c5ccccc5n(-c5ccccc5)c4c3)cc1C2(C)C. The molecule has 0 saturated heterocycles. The molecule has 14 aromatic rings. The Hall–Kier alpha value is -9.38. The second kappa shape index (κ2) is 16.4. The number of hydrogen-bond donors (Lipinski definition) is 0. The molecular weight excluding hydrogens is 1010 g/mol. The van der Waals surface area contributed by atoms with Gasteiger partial charge >= 0.3 is 0 Å². The Morgan fingerprint density at radius 1 is 0.361 bits per heavy atom. The van der Waals surface area contributed by atoms with Gasteiger partial charge < -0.3 is 18.3 Å². The summed E-state index contributed by atoms with van der Waals surface area (Å²) in [5.41, 5.74) is 28.8. The molecule has 3 heterocycles. The van der Waals surface area contributed by atoms with Gasteiger partial charge in [0.05, 0.1) is 11.0 Å². The summed E-state index contributed by atoms with van der Waals surface area (Å²) in [6.07, 6.45) is 0. The summed E-state index contributed by atoms with van der Waals surface area (Å²) < 4.78 is 16.6. The van der Waals surface area contributed by atoms with Crippen molar-refractivity contribution in [3.8, 4) is 50.2 Å². The number of aromatic nitrogens is 1. The first-order valence-electron chi connectivity index (χ1n) is 29.5. The monoisotopic (exact) mass is 1070 g/mol.